The zero-order valence-corrected chi connectivity index (χ0v) is 10.1. The maximum atomic E-state index is 11.5. The summed E-state index contributed by atoms with van der Waals surface area (Å²) >= 11 is 3.17. The van der Waals surface area contributed by atoms with Crippen molar-refractivity contribution in [2.45, 2.75) is 0 Å². The molecule has 0 N–H and O–H groups in total. The van der Waals surface area contributed by atoms with E-state index in [9.17, 15) is 4.79 Å². The minimum atomic E-state index is 0.0942. The van der Waals surface area contributed by atoms with E-state index in [-0.39, 0.29) is 5.78 Å². The molecule has 0 spiro atoms. The van der Waals surface area contributed by atoms with Crippen molar-refractivity contribution >= 4 is 27.4 Å². The predicted octanol–water partition coefficient (Wildman–Crippen LogP) is 2.09. The second-order valence-corrected chi connectivity index (χ2v) is 4.07. The number of hydrogen-bond acceptors (Lipinski definition) is 3. The number of ketones is 1. The fraction of sp³-hybridized carbons (Fsp3) is 0.364. The average Bonchev–Trinajstić information content (AvgIpc) is 2.28. The molecule has 1 aliphatic rings. The van der Waals surface area contributed by atoms with Crippen LogP contribution < -0.4 is 9.64 Å². The predicted molar refractivity (Wildman–Crippen MR) is 63.3 cm³/mol. The average molecular weight is 270 g/mol. The van der Waals surface area contributed by atoms with Crippen LogP contribution in [0.1, 0.15) is 10.4 Å². The topological polar surface area (TPSA) is 29.5 Å². The minimum absolute atomic E-state index is 0.0942. The summed E-state index contributed by atoms with van der Waals surface area (Å²) in [5.74, 6) is 0.951. The van der Waals surface area contributed by atoms with Gasteiger partial charge in [-0.15, -0.1) is 0 Å². The van der Waals surface area contributed by atoms with E-state index in [1.165, 1.54) is 0 Å². The van der Waals surface area contributed by atoms with Gasteiger partial charge in [0.05, 0.1) is 17.6 Å². The summed E-state index contributed by atoms with van der Waals surface area (Å²) in [7, 11) is 2.00. The van der Waals surface area contributed by atoms with Gasteiger partial charge >= 0.3 is 0 Å². The molecule has 0 aliphatic carbocycles. The second kappa shape index (κ2) is 4.23. The van der Waals surface area contributed by atoms with E-state index in [0.717, 1.165) is 23.5 Å². The molecule has 1 aromatic rings. The lowest BCUT2D eigenvalue weighted by atomic mass is 10.1. The standard InChI is InChI=1S/C11H12BrNO2/c1-13-4-5-15-11-3-2-8(6-9(11)13)10(14)7-12/h2-3,6H,4-5,7H2,1H3. The zero-order valence-electron chi connectivity index (χ0n) is 8.50. The third-order valence-corrected chi connectivity index (χ3v) is 3.01. The molecule has 0 saturated heterocycles. The summed E-state index contributed by atoms with van der Waals surface area (Å²) in [5.41, 5.74) is 1.72. The van der Waals surface area contributed by atoms with Gasteiger partial charge in [0, 0.05) is 12.6 Å². The van der Waals surface area contributed by atoms with Crippen molar-refractivity contribution in [3.05, 3.63) is 23.8 Å². The summed E-state index contributed by atoms with van der Waals surface area (Å²) in [5, 5.41) is 0.357. The molecule has 4 heteroatoms. The van der Waals surface area contributed by atoms with Crippen molar-refractivity contribution in [1.82, 2.24) is 0 Å². The molecule has 2 rings (SSSR count). The highest BCUT2D eigenvalue weighted by Crippen LogP contribution is 2.31. The first-order valence-electron chi connectivity index (χ1n) is 4.79. The van der Waals surface area contributed by atoms with Gasteiger partial charge in [-0.2, -0.15) is 0 Å². The molecule has 1 aliphatic heterocycles. The van der Waals surface area contributed by atoms with Crippen molar-refractivity contribution in [1.29, 1.82) is 0 Å². The molecule has 0 bridgehead atoms. The van der Waals surface area contributed by atoms with Crippen LogP contribution in [0.2, 0.25) is 0 Å². The van der Waals surface area contributed by atoms with Crippen LogP contribution in [0.5, 0.6) is 5.75 Å². The Labute approximate surface area is 97.2 Å². The third-order valence-electron chi connectivity index (χ3n) is 2.50. The van der Waals surface area contributed by atoms with Gasteiger partial charge in [0.15, 0.2) is 5.78 Å². The monoisotopic (exact) mass is 269 g/mol. The molecule has 0 atom stereocenters. The number of carbonyl (C=O) groups excluding carboxylic acids is 1. The molecule has 0 aromatic heterocycles. The van der Waals surface area contributed by atoms with Crippen molar-refractivity contribution in [3.63, 3.8) is 0 Å². The van der Waals surface area contributed by atoms with Crippen LogP contribution in [-0.4, -0.2) is 31.3 Å². The summed E-state index contributed by atoms with van der Waals surface area (Å²) in [6, 6.07) is 5.56. The van der Waals surface area contributed by atoms with E-state index in [2.05, 4.69) is 20.8 Å². The van der Waals surface area contributed by atoms with E-state index in [0.29, 0.717) is 11.9 Å². The Kier molecular flexibility index (Phi) is 2.95. The lowest BCUT2D eigenvalue weighted by Gasteiger charge is -2.27. The molecule has 0 unspecified atom stereocenters. The second-order valence-electron chi connectivity index (χ2n) is 3.51. The Morgan fingerprint density at radius 1 is 1.60 bits per heavy atom. The highest BCUT2D eigenvalue weighted by molar-refractivity contribution is 9.09. The Hall–Kier alpha value is -1.03. The smallest absolute Gasteiger partial charge is 0.173 e. The number of hydrogen-bond donors (Lipinski definition) is 0. The van der Waals surface area contributed by atoms with Crippen LogP contribution in [0.4, 0.5) is 5.69 Å². The Balaban J connectivity index is 2.39. The van der Waals surface area contributed by atoms with Gasteiger partial charge < -0.3 is 9.64 Å². The van der Waals surface area contributed by atoms with Crippen molar-refractivity contribution < 1.29 is 9.53 Å². The number of alkyl halides is 1. The Morgan fingerprint density at radius 2 is 2.40 bits per heavy atom. The first-order valence-corrected chi connectivity index (χ1v) is 5.91. The zero-order chi connectivity index (χ0) is 10.8. The summed E-state index contributed by atoms with van der Waals surface area (Å²) in [6.07, 6.45) is 0. The molecular weight excluding hydrogens is 258 g/mol. The summed E-state index contributed by atoms with van der Waals surface area (Å²) < 4.78 is 5.50. The number of Topliss-reactive ketones (excluding diaryl/α,β-unsaturated/α-hetero) is 1. The van der Waals surface area contributed by atoms with Crippen LogP contribution in [-0.2, 0) is 0 Å². The fourth-order valence-electron chi connectivity index (χ4n) is 1.60. The maximum Gasteiger partial charge on any atom is 0.173 e. The molecule has 0 fully saturated rings. The Bertz CT molecular complexity index is 392. The Morgan fingerprint density at radius 3 is 3.13 bits per heavy atom. The summed E-state index contributed by atoms with van der Waals surface area (Å²) in [4.78, 5) is 13.6. The van der Waals surface area contributed by atoms with Gasteiger partial charge in [-0.05, 0) is 18.2 Å². The lowest BCUT2D eigenvalue weighted by Crippen LogP contribution is -2.29. The molecule has 15 heavy (non-hydrogen) atoms. The lowest BCUT2D eigenvalue weighted by molar-refractivity contribution is 0.102. The minimum Gasteiger partial charge on any atom is -0.490 e. The molecule has 80 valence electrons. The first kappa shape index (κ1) is 10.5. The van der Waals surface area contributed by atoms with Crippen LogP contribution in [0.3, 0.4) is 0 Å². The van der Waals surface area contributed by atoms with Crippen molar-refractivity contribution in [2.75, 3.05) is 30.4 Å². The number of rotatable bonds is 2. The molecule has 0 amide bonds. The molecule has 0 saturated carbocycles. The van der Waals surface area contributed by atoms with Crippen LogP contribution >= 0.6 is 15.9 Å². The van der Waals surface area contributed by atoms with Crippen LogP contribution in [0.25, 0.3) is 0 Å². The van der Waals surface area contributed by atoms with E-state index >= 15 is 0 Å². The van der Waals surface area contributed by atoms with Crippen LogP contribution in [0.15, 0.2) is 18.2 Å². The van der Waals surface area contributed by atoms with Crippen molar-refractivity contribution in [2.24, 2.45) is 0 Å². The molecule has 1 aromatic carbocycles. The van der Waals surface area contributed by atoms with E-state index in [1.54, 1.807) is 0 Å². The highest BCUT2D eigenvalue weighted by Gasteiger charge is 2.16. The third kappa shape index (κ3) is 2.00. The van der Waals surface area contributed by atoms with E-state index in [4.69, 9.17) is 4.74 Å². The number of carbonyl (C=O) groups is 1. The molecule has 1 heterocycles. The highest BCUT2D eigenvalue weighted by atomic mass is 79.9. The van der Waals surface area contributed by atoms with Gasteiger partial charge in [0.2, 0.25) is 0 Å². The number of benzene rings is 1. The largest absolute Gasteiger partial charge is 0.490 e. The number of likely N-dealkylation sites (N-methyl/N-ethyl adjacent to an activating group) is 1. The normalized spacial score (nSPS) is 14.4. The quantitative estimate of drug-likeness (QED) is 0.608. The van der Waals surface area contributed by atoms with E-state index in [1.807, 2.05) is 25.2 Å². The fourth-order valence-corrected chi connectivity index (χ4v) is 1.93. The molecular formula is C11H12BrNO2. The first-order chi connectivity index (χ1) is 7.22. The number of anilines is 1. The van der Waals surface area contributed by atoms with Crippen molar-refractivity contribution in [3.8, 4) is 5.75 Å². The van der Waals surface area contributed by atoms with Gasteiger partial charge in [-0.3, -0.25) is 4.79 Å². The number of fused-ring (bicyclic) bond motifs is 1. The van der Waals surface area contributed by atoms with Gasteiger partial charge in [-0.1, -0.05) is 15.9 Å². The number of nitrogens with zero attached hydrogens (tertiary/aromatic N) is 1. The molecule has 3 nitrogen and oxygen atoms in total. The van der Waals surface area contributed by atoms with E-state index < -0.39 is 0 Å². The van der Waals surface area contributed by atoms with Gasteiger partial charge in [0.25, 0.3) is 0 Å². The summed E-state index contributed by atoms with van der Waals surface area (Å²) in [6.45, 7) is 1.56. The molecule has 0 radical (unpaired) electrons. The van der Waals surface area contributed by atoms with Gasteiger partial charge in [-0.25, -0.2) is 0 Å². The number of halogens is 1. The number of ether oxygens (including phenoxy) is 1. The van der Waals surface area contributed by atoms with Crippen LogP contribution in [0, 0.1) is 0 Å². The maximum absolute atomic E-state index is 11.5. The SMILES string of the molecule is CN1CCOc2ccc(C(=O)CBr)cc21. The van der Waals surface area contributed by atoms with Gasteiger partial charge in [0.1, 0.15) is 12.4 Å².